The number of pyridine rings is 1. The normalized spacial score (nSPS) is 17.0. The summed E-state index contributed by atoms with van der Waals surface area (Å²) in [6.07, 6.45) is 3.74. The molecule has 0 saturated carbocycles. The molecule has 7 nitrogen and oxygen atoms in total. The van der Waals surface area contributed by atoms with Gasteiger partial charge in [0.2, 0.25) is 0 Å². The number of amides is 1. The van der Waals surface area contributed by atoms with Gasteiger partial charge in [0, 0.05) is 24.6 Å². The number of hydrogen-bond donors (Lipinski definition) is 1. The molecule has 1 amide bonds. The van der Waals surface area contributed by atoms with E-state index >= 15 is 0 Å². The highest BCUT2D eigenvalue weighted by Gasteiger charge is 2.18. The van der Waals surface area contributed by atoms with Gasteiger partial charge in [-0.05, 0) is 48.7 Å². The number of carbonyl (C=O) groups excluding carboxylic acids is 1. The van der Waals surface area contributed by atoms with E-state index < -0.39 is 22.0 Å². The molecule has 30 heavy (non-hydrogen) atoms. The molecule has 1 aliphatic rings. The minimum atomic E-state index is -3.46. The fraction of sp³-hybridized carbons (Fsp3) is 0.273. The highest BCUT2D eigenvalue weighted by Crippen LogP contribution is 2.21. The number of rotatable bonds is 6. The van der Waals surface area contributed by atoms with Crippen molar-refractivity contribution < 1.29 is 22.8 Å². The highest BCUT2D eigenvalue weighted by molar-refractivity contribution is 7.90. The number of ether oxygens (including phenoxy) is 1. The molecule has 1 N–H and O–H groups in total. The first-order valence-electron chi connectivity index (χ1n) is 9.75. The molecule has 1 fully saturated rings. The summed E-state index contributed by atoms with van der Waals surface area (Å²) in [6, 6.07) is 15.2. The van der Waals surface area contributed by atoms with Gasteiger partial charge < -0.3 is 4.74 Å². The fourth-order valence-corrected chi connectivity index (χ4v) is 4.66. The van der Waals surface area contributed by atoms with E-state index in [0.29, 0.717) is 28.6 Å². The van der Waals surface area contributed by atoms with E-state index in [0.717, 1.165) is 19.3 Å². The molecule has 3 aromatic rings. The van der Waals surface area contributed by atoms with Crippen molar-refractivity contribution in [3.8, 4) is 0 Å². The quantitative estimate of drug-likeness (QED) is 0.607. The van der Waals surface area contributed by atoms with Gasteiger partial charge in [0.1, 0.15) is 0 Å². The lowest BCUT2D eigenvalue weighted by Gasteiger charge is -2.22. The Morgan fingerprint density at radius 1 is 1.13 bits per heavy atom. The summed E-state index contributed by atoms with van der Waals surface area (Å²) in [5.74, 6) is -0.563. The van der Waals surface area contributed by atoms with Gasteiger partial charge in [0.05, 0.1) is 21.7 Å². The van der Waals surface area contributed by atoms with Crippen molar-refractivity contribution in [3.63, 3.8) is 0 Å². The second kappa shape index (κ2) is 8.91. The summed E-state index contributed by atoms with van der Waals surface area (Å²) in [7, 11) is -3.46. The molecule has 2 heterocycles. The van der Waals surface area contributed by atoms with E-state index in [1.165, 1.54) is 6.20 Å². The van der Waals surface area contributed by atoms with Crippen molar-refractivity contribution in [2.75, 3.05) is 6.61 Å². The summed E-state index contributed by atoms with van der Waals surface area (Å²) in [5.41, 5.74) is 4.02. The largest absolute Gasteiger partial charge is 0.350 e. The zero-order chi connectivity index (χ0) is 21.0. The van der Waals surface area contributed by atoms with Gasteiger partial charge in [-0.2, -0.15) is 0 Å². The second-order valence-electron chi connectivity index (χ2n) is 7.17. The number of nitrogens with one attached hydrogen (secondary N) is 1. The highest BCUT2D eigenvalue weighted by atomic mass is 32.2. The van der Waals surface area contributed by atoms with Crippen LogP contribution in [0.15, 0.2) is 65.7 Å². The van der Waals surface area contributed by atoms with Crippen LogP contribution in [0.5, 0.6) is 0 Å². The van der Waals surface area contributed by atoms with E-state index in [9.17, 15) is 13.2 Å². The number of fused-ring (bicyclic) bond motifs is 1. The van der Waals surface area contributed by atoms with Crippen molar-refractivity contribution in [1.29, 1.82) is 0 Å². The van der Waals surface area contributed by atoms with Gasteiger partial charge in [-0.1, -0.05) is 24.3 Å². The Morgan fingerprint density at radius 2 is 1.97 bits per heavy atom. The van der Waals surface area contributed by atoms with Crippen LogP contribution in [-0.2, 0) is 25.2 Å². The topological polar surface area (TPSA) is 94.6 Å². The molecule has 0 spiro atoms. The average Bonchev–Trinajstić information content (AvgIpc) is 2.78. The molecule has 0 radical (unpaired) electrons. The van der Waals surface area contributed by atoms with Crippen LogP contribution in [0.25, 0.3) is 10.9 Å². The molecule has 0 bridgehead atoms. The third kappa shape index (κ3) is 4.84. The molecule has 0 aliphatic carbocycles. The molecule has 1 unspecified atom stereocenters. The van der Waals surface area contributed by atoms with E-state index in [4.69, 9.17) is 9.57 Å². The predicted octanol–water partition coefficient (Wildman–Crippen LogP) is 3.40. The maximum Gasteiger partial charge on any atom is 0.276 e. The van der Waals surface area contributed by atoms with Gasteiger partial charge in [0.25, 0.3) is 5.91 Å². The Balaban J connectivity index is 1.50. The van der Waals surface area contributed by atoms with Gasteiger partial charge in [0.15, 0.2) is 16.1 Å². The molecule has 2 aromatic carbocycles. The van der Waals surface area contributed by atoms with Gasteiger partial charge in [-0.15, -0.1) is 0 Å². The van der Waals surface area contributed by atoms with Crippen LogP contribution in [0.2, 0.25) is 0 Å². The lowest BCUT2D eigenvalue weighted by Crippen LogP contribution is -2.33. The number of aromatic nitrogens is 1. The van der Waals surface area contributed by atoms with Crippen LogP contribution < -0.4 is 5.48 Å². The molecule has 1 aliphatic heterocycles. The van der Waals surface area contributed by atoms with Gasteiger partial charge in [-0.25, -0.2) is 18.7 Å². The summed E-state index contributed by atoms with van der Waals surface area (Å²) in [4.78, 5) is 22.3. The molecule has 1 atom stereocenters. The van der Waals surface area contributed by atoms with Crippen molar-refractivity contribution in [2.45, 2.75) is 36.2 Å². The Kier molecular flexibility index (Phi) is 6.08. The summed E-state index contributed by atoms with van der Waals surface area (Å²) in [5, 5.41) is 0.678. The molecule has 4 rings (SSSR count). The van der Waals surface area contributed by atoms with Crippen LogP contribution in [0.1, 0.15) is 35.2 Å². The number of carbonyl (C=O) groups is 1. The van der Waals surface area contributed by atoms with Gasteiger partial charge >= 0.3 is 0 Å². The zero-order valence-electron chi connectivity index (χ0n) is 16.3. The minimum absolute atomic E-state index is 0.133. The summed E-state index contributed by atoms with van der Waals surface area (Å²) in [6.45, 7) is 0.618. The van der Waals surface area contributed by atoms with Crippen LogP contribution >= 0.6 is 0 Å². The van der Waals surface area contributed by atoms with Gasteiger partial charge in [-0.3, -0.25) is 9.78 Å². The fourth-order valence-electron chi connectivity index (χ4n) is 3.31. The Bertz CT molecular complexity index is 1140. The first-order chi connectivity index (χ1) is 14.5. The first kappa shape index (κ1) is 20.5. The van der Waals surface area contributed by atoms with Crippen LogP contribution in [0, 0.1) is 0 Å². The third-order valence-corrected chi connectivity index (χ3v) is 6.59. The smallest absolute Gasteiger partial charge is 0.276 e. The molecule has 8 heteroatoms. The Labute approximate surface area is 174 Å². The molecule has 156 valence electrons. The first-order valence-corrected chi connectivity index (χ1v) is 11.4. The SMILES string of the molecule is O=C(NOC1CCCCO1)c1cnc2ccc(CS(=O)(=O)c3ccccc3)cc2c1. The predicted molar refractivity (Wildman–Crippen MR) is 111 cm³/mol. The Hall–Kier alpha value is -2.81. The average molecular weight is 426 g/mol. The molecule has 1 aromatic heterocycles. The molecular formula is C22H22N2O5S. The van der Waals surface area contributed by atoms with Crippen molar-refractivity contribution in [3.05, 3.63) is 71.9 Å². The number of nitrogens with zero attached hydrogens (tertiary/aromatic N) is 1. The van der Waals surface area contributed by atoms with E-state index in [1.807, 2.05) is 0 Å². The minimum Gasteiger partial charge on any atom is -0.350 e. The zero-order valence-corrected chi connectivity index (χ0v) is 17.1. The maximum atomic E-state index is 12.6. The van der Waals surface area contributed by atoms with Crippen molar-refractivity contribution in [1.82, 2.24) is 10.5 Å². The number of hydroxylamine groups is 1. The number of hydrogen-bond acceptors (Lipinski definition) is 6. The summed E-state index contributed by atoms with van der Waals surface area (Å²) >= 11 is 0. The monoisotopic (exact) mass is 426 g/mol. The van der Waals surface area contributed by atoms with E-state index in [-0.39, 0.29) is 10.6 Å². The standard InChI is InChI=1S/C22H22N2O5S/c25-22(24-29-21-8-4-5-11-28-21)18-13-17-12-16(9-10-20(17)23-14-18)15-30(26,27)19-6-2-1-3-7-19/h1-3,6-7,9-10,12-14,21H,4-5,8,11,15H2,(H,24,25). The summed E-state index contributed by atoms with van der Waals surface area (Å²) < 4.78 is 30.7. The maximum absolute atomic E-state index is 12.6. The van der Waals surface area contributed by atoms with Crippen LogP contribution in [0.3, 0.4) is 0 Å². The second-order valence-corrected chi connectivity index (χ2v) is 9.16. The molecule has 1 saturated heterocycles. The number of benzene rings is 2. The van der Waals surface area contributed by atoms with E-state index in [2.05, 4.69) is 10.5 Å². The van der Waals surface area contributed by atoms with Crippen LogP contribution in [0.4, 0.5) is 0 Å². The Morgan fingerprint density at radius 3 is 2.73 bits per heavy atom. The van der Waals surface area contributed by atoms with E-state index in [1.54, 1.807) is 54.6 Å². The molecular weight excluding hydrogens is 404 g/mol. The lowest BCUT2D eigenvalue weighted by molar-refractivity contribution is -0.186. The van der Waals surface area contributed by atoms with Crippen molar-refractivity contribution in [2.24, 2.45) is 0 Å². The van der Waals surface area contributed by atoms with Crippen LogP contribution in [-0.4, -0.2) is 32.2 Å². The third-order valence-electron chi connectivity index (χ3n) is 4.89. The van der Waals surface area contributed by atoms with Crippen molar-refractivity contribution >= 4 is 26.6 Å². The lowest BCUT2D eigenvalue weighted by atomic mass is 10.1. The number of sulfone groups is 1.